The second-order valence-corrected chi connectivity index (χ2v) is 8.34. The summed E-state index contributed by atoms with van der Waals surface area (Å²) in [5.41, 5.74) is 5.46. The van der Waals surface area contributed by atoms with Crippen molar-refractivity contribution in [3.8, 4) is 28.5 Å². The number of hydrogen-bond donors (Lipinski definition) is 1. The number of hydrogen-bond acceptors (Lipinski definition) is 6. The van der Waals surface area contributed by atoms with E-state index in [0.29, 0.717) is 23.8 Å². The molecule has 3 heterocycles. The zero-order valence-electron chi connectivity index (χ0n) is 18.8. The van der Waals surface area contributed by atoms with E-state index in [1.165, 1.54) is 5.56 Å². The van der Waals surface area contributed by atoms with Gasteiger partial charge in [-0.15, -0.1) is 0 Å². The maximum atomic E-state index is 12.7. The Morgan fingerprint density at radius 3 is 2.32 bits per heavy atom. The van der Waals surface area contributed by atoms with E-state index < -0.39 is 0 Å². The van der Waals surface area contributed by atoms with Crippen molar-refractivity contribution < 1.29 is 0 Å². The molecule has 1 fully saturated rings. The highest BCUT2D eigenvalue weighted by Gasteiger charge is 2.24. The third-order valence-electron chi connectivity index (χ3n) is 6.21. The highest BCUT2D eigenvalue weighted by Crippen LogP contribution is 2.26. The minimum absolute atomic E-state index is 0.0846. The van der Waals surface area contributed by atoms with Crippen LogP contribution in [0.4, 0.5) is 5.95 Å². The van der Waals surface area contributed by atoms with Gasteiger partial charge in [0.15, 0.2) is 0 Å². The highest BCUT2D eigenvalue weighted by atomic mass is 16.1. The Morgan fingerprint density at radius 1 is 0.971 bits per heavy atom. The average Bonchev–Trinajstić information content (AvgIpc) is 2.91. The van der Waals surface area contributed by atoms with E-state index >= 15 is 0 Å². The van der Waals surface area contributed by atoms with Gasteiger partial charge >= 0.3 is 0 Å². The largest absolute Gasteiger partial charge is 0.339 e. The molecule has 1 saturated heterocycles. The van der Waals surface area contributed by atoms with E-state index in [0.717, 1.165) is 29.8 Å². The van der Waals surface area contributed by atoms with E-state index in [1.54, 1.807) is 30.1 Å². The third-order valence-corrected chi connectivity index (χ3v) is 6.21. The molecule has 0 bridgehead atoms. The quantitative estimate of drug-likeness (QED) is 0.514. The number of benzene rings is 2. The number of nitrogens with zero attached hydrogens (tertiary/aromatic N) is 5. The first-order valence-corrected chi connectivity index (χ1v) is 11.2. The topological polar surface area (TPSA) is 86.8 Å². The molecule has 0 aliphatic carbocycles. The van der Waals surface area contributed by atoms with Crippen LogP contribution in [-0.2, 0) is 7.05 Å². The molecule has 7 nitrogen and oxygen atoms in total. The number of nitrogens with one attached hydrogen (secondary N) is 1. The molecule has 2 aromatic carbocycles. The molecular weight excluding hydrogens is 424 g/mol. The van der Waals surface area contributed by atoms with Crippen molar-refractivity contribution in [3.63, 3.8) is 0 Å². The van der Waals surface area contributed by atoms with Crippen LogP contribution in [0, 0.1) is 11.3 Å². The summed E-state index contributed by atoms with van der Waals surface area (Å²) in [6.45, 7) is 2.26. The first kappa shape index (κ1) is 21.6. The summed E-state index contributed by atoms with van der Waals surface area (Å²) in [7, 11) is 1.77. The van der Waals surface area contributed by atoms with Crippen LogP contribution in [0.15, 0.2) is 83.9 Å². The summed E-state index contributed by atoms with van der Waals surface area (Å²) >= 11 is 0. The minimum atomic E-state index is -0.0846. The highest BCUT2D eigenvalue weighted by molar-refractivity contribution is 5.65. The Morgan fingerprint density at radius 2 is 1.65 bits per heavy atom. The molecule has 34 heavy (non-hydrogen) atoms. The van der Waals surface area contributed by atoms with E-state index in [-0.39, 0.29) is 11.6 Å². The van der Waals surface area contributed by atoms with Gasteiger partial charge in [0.1, 0.15) is 0 Å². The van der Waals surface area contributed by atoms with Crippen molar-refractivity contribution in [2.24, 2.45) is 7.05 Å². The lowest BCUT2D eigenvalue weighted by atomic mass is 9.99. The normalized spacial score (nSPS) is 15.6. The van der Waals surface area contributed by atoms with Crippen molar-refractivity contribution in [3.05, 3.63) is 101 Å². The number of nitriles is 1. The van der Waals surface area contributed by atoms with Crippen LogP contribution < -0.4 is 15.8 Å². The molecule has 5 rings (SSSR count). The Balaban J connectivity index is 1.38. The lowest BCUT2D eigenvalue weighted by Gasteiger charge is -2.35. The Hall–Kier alpha value is -4.28. The molecule has 0 unspecified atom stereocenters. The van der Waals surface area contributed by atoms with Gasteiger partial charge in [-0.2, -0.15) is 5.26 Å². The summed E-state index contributed by atoms with van der Waals surface area (Å²) in [4.78, 5) is 23.7. The molecular formula is C27H24N6O. The zero-order chi connectivity index (χ0) is 23.5. The average molecular weight is 449 g/mol. The van der Waals surface area contributed by atoms with Crippen LogP contribution in [0.5, 0.6) is 0 Å². The van der Waals surface area contributed by atoms with E-state index in [4.69, 9.17) is 10.2 Å². The van der Waals surface area contributed by atoms with Crippen molar-refractivity contribution >= 4 is 5.95 Å². The van der Waals surface area contributed by atoms with Gasteiger partial charge in [-0.25, -0.2) is 4.98 Å². The molecule has 4 aromatic rings. The molecule has 1 aliphatic heterocycles. The fourth-order valence-electron chi connectivity index (χ4n) is 4.28. The summed E-state index contributed by atoms with van der Waals surface area (Å²) in [5, 5.41) is 12.6. The third kappa shape index (κ3) is 4.32. The molecule has 168 valence electrons. The van der Waals surface area contributed by atoms with Crippen LogP contribution >= 0.6 is 0 Å². The van der Waals surface area contributed by atoms with Crippen LogP contribution in [0.1, 0.15) is 17.2 Å². The Labute approximate surface area is 198 Å². The minimum Gasteiger partial charge on any atom is -0.339 e. The van der Waals surface area contributed by atoms with Crippen molar-refractivity contribution in [1.82, 2.24) is 19.9 Å². The molecule has 0 amide bonds. The second kappa shape index (κ2) is 9.30. The molecule has 0 spiro atoms. The van der Waals surface area contributed by atoms with Gasteiger partial charge in [-0.05, 0) is 41.0 Å². The fraction of sp³-hybridized carbons (Fsp3) is 0.185. The lowest BCUT2D eigenvalue weighted by molar-refractivity contribution is 0.462. The smallest absolute Gasteiger partial charge is 0.255 e. The maximum absolute atomic E-state index is 12.7. The molecule has 0 radical (unpaired) electrons. The molecule has 1 N–H and O–H groups in total. The summed E-state index contributed by atoms with van der Waals surface area (Å²) in [6, 6.07) is 23.7. The lowest BCUT2D eigenvalue weighted by Crippen LogP contribution is -2.47. The van der Waals surface area contributed by atoms with Crippen molar-refractivity contribution in [2.45, 2.75) is 6.04 Å². The van der Waals surface area contributed by atoms with Crippen LogP contribution in [0.2, 0.25) is 0 Å². The monoisotopic (exact) mass is 448 g/mol. The summed E-state index contributed by atoms with van der Waals surface area (Å²) in [5.74, 6) is 0.667. The van der Waals surface area contributed by atoms with Gasteiger partial charge < -0.3 is 10.2 Å². The standard InChI is InChI=1S/C27H24N6O/c1-32-26(34)16-24(23-10-12-29-13-11-23)31-27(32)33-15-14-30-25(18-33)22-8-6-21(7-9-22)20-4-2-19(17-28)3-5-20/h2-13,16,25,30H,14-15,18H2,1H3/t25-/m1/s1. The van der Waals surface area contributed by atoms with Crippen LogP contribution in [-0.4, -0.2) is 34.2 Å². The van der Waals surface area contributed by atoms with E-state index in [2.05, 4.69) is 45.5 Å². The number of piperazine rings is 1. The molecule has 0 saturated carbocycles. The van der Waals surface area contributed by atoms with E-state index in [1.807, 2.05) is 36.4 Å². The Kier molecular flexibility index (Phi) is 5.90. The Bertz CT molecular complexity index is 1390. The predicted molar refractivity (Wildman–Crippen MR) is 132 cm³/mol. The van der Waals surface area contributed by atoms with Gasteiger partial charge in [0.05, 0.1) is 17.3 Å². The van der Waals surface area contributed by atoms with Crippen LogP contribution in [0.25, 0.3) is 22.4 Å². The van der Waals surface area contributed by atoms with Gasteiger partial charge in [-0.3, -0.25) is 14.3 Å². The SMILES string of the molecule is Cn1c(N2CCN[C@@H](c3ccc(-c4ccc(C#N)cc4)cc3)C2)nc(-c2ccncc2)cc1=O. The first-order valence-electron chi connectivity index (χ1n) is 11.2. The molecule has 1 atom stereocenters. The summed E-state index contributed by atoms with van der Waals surface area (Å²) < 4.78 is 1.61. The second-order valence-electron chi connectivity index (χ2n) is 8.34. The number of pyridine rings is 1. The molecule has 7 heteroatoms. The van der Waals surface area contributed by atoms with E-state index in [9.17, 15) is 4.79 Å². The number of aromatic nitrogens is 3. The summed E-state index contributed by atoms with van der Waals surface area (Å²) in [6.07, 6.45) is 3.41. The maximum Gasteiger partial charge on any atom is 0.255 e. The first-order chi connectivity index (χ1) is 16.6. The fourth-order valence-corrected chi connectivity index (χ4v) is 4.28. The predicted octanol–water partition coefficient (Wildman–Crippen LogP) is 3.53. The molecule has 1 aliphatic rings. The zero-order valence-corrected chi connectivity index (χ0v) is 18.8. The van der Waals surface area contributed by atoms with Crippen molar-refractivity contribution in [1.29, 1.82) is 5.26 Å². The van der Waals surface area contributed by atoms with Gasteiger partial charge in [0, 0.05) is 56.7 Å². The van der Waals surface area contributed by atoms with Gasteiger partial charge in [0.25, 0.3) is 5.56 Å². The van der Waals surface area contributed by atoms with Crippen molar-refractivity contribution in [2.75, 3.05) is 24.5 Å². The van der Waals surface area contributed by atoms with Gasteiger partial charge in [0.2, 0.25) is 5.95 Å². The van der Waals surface area contributed by atoms with Crippen LogP contribution in [0.3, 0.4) is 0 Å². The number of rotatable bonds is 4. The van der Waals surface area contributed by atoms with Gasteiger partial charge in [-0.1, -0.05) is 36.4 Å². The number of anilines is 1. The molecule has 2 aromatic heterocycles.